The highest BCUT2D eigenvalue weighted by atomic mass is 79.9. The Morgan fingerprint density at radius 2 is 0.962 bits per heavy atom. The summed E-state index contributed by atoms with van der Waals surface area (Å²) in [5.74, 6) is 4.79. The molecule has 0 bridgehead atoms. The van der Waals surface area contributed by atoms with Crippen LogP contribution in [0.4, 0.5) is 0 Å². The molecule has 128 valence electrons. The molecule has 0 saturated carbocycles. The number of rotatable bonds is 0. The monoisotopic (exact) mass is 534 g/mol. The van der Waals surface area contributed by atoms with Crippen LogP contribution in [0.3, 0.4) is 0 Å². The second-order valence-electron chi connectivity index (χ2n) is 6.68. The van der Waals surface area contributed by atoms with Gasteiger partial charge >= 0.3 is 0 Å². The van der Waals surface area contributed by atoms with Crippen molar-refractivity contribution in [2.75, 3.05) is 0 Å². The molecule has 6 heteroatoms. The highest BCUT2D eigenvalue weighted by Gasteiger charge is 2.53. The fourth-order valence-corrected chi connectivity index (χ4v) is 5.53. The molecule has 3 aliphatic rings. The summed E-state index contributed by atoms with van der Waals surface area (Å²) in [5, 5.41) is 0. The van der Waals surface area contributed by atoms with Gasteiger partial charge in [0.15, 0.2) is 0 Å². The summed E-state index contributed by atoms with van der Waals surface area (Å²) in [5.41, 5.74) is 2.63. The normalized spacial score (nSPS) is 19.8. The molecule has 3 nitrogen and oxygen atoms in total. The van der Waals surface area contributed by atoms with E-state index in [9.17, 15) is 0 Å². The van der Waals surface area contributed by atoms with E-state index >= 15 is 0 Å². The lowest BCUT2D eigenvalue weighted by Crippen LogP contribution is -2.36. The van der Waals surface area contributed by atoms with Crippen molar-refractivity contribution in [1.29, 1.82) is 0 Å². The lowest BCUT2D eigenvalue weighted by atomic mass is 9.66. The van der Waals surface area contributed by atoms with Gasteiger partial charge in [0.25, 0.3) is 0 Å². The van der Waals surface area contributed by atoms with Gasteiger partial charge in [-0.25, -0.2) is 0 Å². The predicted molar refractivity (Wildman–Crippen MR) is 108 cm³/mol. The topological polar surface area (TPSA) is 27.7 Å². The first-order chi connectivity index (χ1) is 12.5. The first kappa shape index (κ1) is 15.5. The van der Waals surface area contributed by atoms with Crippen LogP contribution in [-0.2, 0) is 5.41 Å². The summed E-state index contributed by atoms with van der Waals surface area (Å²) in [6.45, 7) is 2.22. The Hall–Kier alpha value is -1.50. The molecule has 1 atom stereocenters. The average molecular weight is 537 g/mol. The molecule has 0 saturated heterocycles. The molecule has 0 amide bonds. The molecule has 0 aromatic heterocycles. The van der Waals surface area contributed by atoms with Gasteiger partial charge in [-0.05, 0) is 91.1 Å². The first-order valence-corrected chi connectivity index (χ1v) is 10.4. The van der Waals surface area contributed by atoms with Crippen molar-refractivity contribution in [3.63, 3.8) is 0 Å². The molecule has 0 aliphatic carbocycles. The van der Waals surface area contributed by atoms with Crippen LogP contribution in [0.25, 0.3) is 0 Å². The van der Waals surface area contributed by atoms with Crippen LogP contribution in [0.1, 0.15) is 23.6 Å². The molecule has 0 radical (unpaired) electrons. The minimum absolute atomic E-state index is 0.438. The van der Waals surface area contributed by atoms with E-state index in [1.54, 1.807) is 0 Å². The van der Waals surface area contributed by atoms with Crippen molar-refractivity contribution in [3.05, 3.63) is 66.5 Å². The van der Waals surface area contributed by atoms with Gasteiger partial charge in [-0.2, -0.15) is 0 Å². The highest BCUT2D eigenvalue weighted by Crippen LogP contribution is 2.68. The van der Waals surface area contributed by atoms with E-state index in [0.29, 0.717) is 0 Å². The van der Waals surface area contributed by atoms with Gasteiger partial charge < -0.3 is 14.2 Å². The third-order valence-corrected chi connectivity index (χ3v) is 7.22. The number of benzene rings is 3. The van der Waals surface area contributed by atoms with Gasteiger partial charge in [0.1, 0.15) is 34.5 Å². The van der Waals surface area contributed by atoms with Crippen molar-refractivity contribution in [2.24, 2.45) is 0 Å². The molecule has 0 fully saturated rings. The Kier molecular flexibility index (Phi) is 2.90. The zero-order valence-electron chi connectivity index (χ0n) is 13.3. The molecule has 3 heterocycles. The van der Waals surface area contributed by atoms with Crippen LogP contribution in [0.2, 0.25) is 0 Å². The Morgan fingerprint density at radius 3 is 1.42 bits per heavy atom. The Bertz CT molecular complexity index is 1130. The van der Waals surface area contributed by atoms with Crippen LogP contribution >= 0.6 is 47.8 Å². The van der Waals surface area contributed by atoms with Crippen LogP contribution in [-0.4, -0.2) is 0 Å². The minimum atomic E-state index is -0.438. The maximum Gasteiger partial charge on any atom is 0.149 e. The van der Waals surface area contributed by atoms with Crippen LogP contribution in [0.15, 0.2) is 49.8 Å². The van der Waals surface area contributed by atoms with Crippen molar-refractivity contribution in [3.8, 4) is 34.5 Å². The van der Waals surface area contributed by atoms with Gasteiger partial charge in [-0.3, -0.25) is 0 Å². The SMILES string of the molecule is C[C@@]12c3c4ccc(Br)c3Oc3ccc(Br)c(c31)Oc1c(Br)ccc(c12)O4. The number of halogens is 3. The summed E-state index contributed by atoms with van der Waals surface area (Å²) < 4.78 is 21.6. The maximum atomic E-state index is 6.34. The third-order valence-electron chi connectivity index (χ3n) is 5.35. The fourth-order valence-electron chi connectivity index (χ4n) is 4.30. The largest absolute Gasteiger partial charge is 0.456 e. The highest BCUT2D eigenvalue weighted by molar-refractivity contribution is 9.11. The smallest absolute Gasteiger partial charge is 0.149 e. The van der Waals surface area contributed by atoms with Gasteiger partial charge in [0, 0.05) is 0 Å². The number of hydrogen-bond donors (Lipinski definition) is 0. The lowest BCUT2D eigenvalue weighted by molar-refractivity contribution is 0.334. The van der Waals surface area contributed by atoms with E-state index in [-0.39, 0.29) is 0 Å². The molecule has 6 rings (SSSR count). The standard InChI is InChI=1S/C20H9Br3O3/c1-20-14-11-5-2-8(21)17(14)25-13-7-4-10(23)19(16(13)20)26-18-9(22)3-6-12(24-11)15(18)20/h2-7H,1H3/t20-/m0/s1. The molecular weight excluding hydrogens is 528 g/mol. The van der Waals surface area contributed by atoms with E-state index in [4.69, 9.17) is 14.2 Å². The Labute approximate surface area is 174 Å². The molecule has 0 spiro atoms. The predicted octanol–water partition coefficient (Wildman–Crippen LogP) is 7.65. The number of hydrogen-bond acceptors (Lipinski definition) is 3. The van der Waals surface area contributed by atoms with E-state index in [0.717, 1.165) is 64.6 Å². The van der Waals surface area contributed by atoms with Gasteiger partial charge in [-0.15, -0.1) is 0 Å². The van der Waals surface area contributed by atoms with Crippen LogP contribution in [0.5, 0.6) is 34.5 Å². The van der Waals surface area contributed by atoms with Gasteiger partial charge in [0.05, 0.1) is 35.5 Å². The summed E-state index contributed by atoms with van der Waals surface area (Å²) in [7, 11) is 0. The summed E-state index contributed by atoms with van der Waals surface area (Å²) in [6, 6.07) is 11.8. The Morgan fingerprint density at radius 1 is 0.577 bits per heavy atom. The van der Waals surface area contributed by atoms with E-state index in [1.165, 1.54) is 0 Å². The molecule has 3 aromatic rings. The quantitative estimate of drug-likeness (QED) is 0.231. The number of ether oxygens (including phenoxy) is 3. The lowest BCUT2D eigenvalue weighted by Gasteiger charge is -2.46. The Balaban J connectivity index is 1.86. The van der Waals surface area contributed by atoms with Crippen molar-refractivity contribution in [2.45, 2.75) is 12.3 Å². The van der Waals surface area contributed by atoms with Crippen molar-refractivity contribution >= 4 is 47.8 Å². The van der Waals surface area contributed by atoms with Crippen LogP contribution < -0.4 is 14.2 Å². The zero-order valence-corrected chi connectivity index (χ0v) is 18.1. The molecule has 3 aromatic carbocycles. The average Bonchev–Trinajstić information content (AvgIpc) is 2.62. The van der Waals surface area contributed by atoms with Gasteiger partial charge in [0.2, 0.25) is 0 Å². The van der Waals surface area contributed by atoms with E-state index < -0.39 is 5.41 Å². The summed E-state index contributed by atoms with van der Waals surface area (Å²) in [6.07, 6.45) is 0. The molecule has 0 unspecified atom stereocenters. The minimum Gasteiger partial charge on any atom is -0.456 e. The van der Waals surface area contributed by atoms with E-state index in [1.807, 2.05) is 36.4 Å². The molecule has 26 heavy (non-hydrogen) atoms. The molecule has 0 N–H and O–H groups in total. The van der Waals surface area contributed by atoms with E-state index in [2.05, 4.69) is 54.7 Å². The second kappa shape index (κ2) is 4.86. The van der Waals surface area contributed by atoms with Crippen molar-refractivity contribution in [1.82, 2.24) is 0 Å². The first-order valence-electron chi connectivity index (χ1n) is 8.02. The van der Waals surface area contributed by atoms with Gasteiger partial charge in [-0.1, -0.05) is 0 Å². The zero-order chi connectivity index (χ0) is 17.8. The second-order valence-corrected chi connectivity index (χ2v) is 9.24. The molecule has 3 aliphatic heterocycles. The third kappa shape index (κ3) is 1.65. The maximum absolute atomic E-state index is 6.34. The molecular formula is C20H9Br3O3. The summed E-state index contributed by atoms with van der Waals surface area (Å²) >= 11 is 10.9. The van der Waals surface area contributed by atoms with Crippen molar-refractivity contribution < 1.29 is 14.2 Å². The van der Waals surface area contributed by atoms with Crippen LogP contribution in [0, 0.1) is 0 Å². The fraction of sp³-hybridized carbons (Fsp3) is 0.100. The summed E-state index contributed by atoms with van der Waals surface area (Å²) in [4.78, 5) is 0.